The number of hydrogen-bond donors (Lipinski definition) is 1. The molecule has 0 spiro atoms. The van der Waals surface area contributed by atoms with Gasteiger partial charge in [-0.15, -0.1) is 0 Å². The maximum atomic E-state index is 10.7. The third kappa shape index (κ3) is 1.82. The fraction of sp³-hybridized carbons (Fsp3) is 0.167. The molecule has 82 valence electrons. The van der Waals surface area contributed by atoms with E-state index in [2.05, 4.69) is 4.98 Å². The van der Waals surface area contributed by atoms with Gasteiger partial charge in [0.2, 0.25) is 0 Å². The van der Waals surface area contributed by atoms with Crippen molar-refractivity contribution in [1.29, 1.82) is 0 Å². The quantitative estimate of drug-likeness (QED) is 0.836. The average Bonchev–Trinajstić information content (AvgIpc) is 2.59. The van der Waals surface area contributed by atoms with Crippen LogP contribution in [0.5, 0.6) is 0 Å². The molecule has 0 bridgehead atoms. The van der Waals surface area contributed by atoms with Crippen LogP contribution in [0.4, 0.5) is 0 Å². The largest absolute Gasteiger partial charge is 0.478 e. The topological polar surface area (TPSA) is 55.1 Å². The minimum absolute atomic E-state index is 0.288. The summed E-state index contributed by atoms with van der Waals surface area (Å²) in [5.74, 6) is 0.0149. The average molecular weight is 216 g/mol. The first kappa shape index (κ1) is 10.4. The lowest BCUT2D eigenvalue weighted by Gasteiger charge is -1.97. The van der Waals surface area contributed by atoms with Crippen molar-refractivity contribution in [2.45, 2.75) is 6.92 Å². The molecule has 0 saturated carbocycles. The second kappa shape index (κ2) is 3.81. The number of carboxylic acid groups (broad SMARTS) is 1. The van der Waals surface area contributed by atoms with Crippen molar-refractivity contribution in [1.82, 2.24) is 9.55 Å². The van der Waals surface area contributed by atoms with Gasteiger partial charge >= 0.3 is 5.97 Å². The van der Waals surface area contributed by atoms with E-state index in [-0.39, 0.29) is 5.56 Å². The highest BCUT2D eigenvalue weighted by molar-refractivity contribution is 5.88. The van der Waals surface area contributed by atoms with Gasteiger partial charge in [0.05, 0.1) is 11.3 Å². The molecule has 0 saturated heterocycles. The smallest absolute Gasteiger partial charge is 0.335 e. The van der Waals surface area contributed by atoms with Crippen molar-refractivity contribution >= 4 is 5.97 Å². The number of nitrogens with zero attached hydrogens (tertiary/aromatic N) is 2. The molecule has 0 unspecified atom stereocenters. The molecule has 0 aliphatic carbocycles. The van der Waals surface area contributed by atoms with Gasteiger partial charge in [-0.25, -0.2) is 9.78 Å². The van der Waals surface area contributed by atoms with E-state index in [1.165, 1.54) is 0 Å². The van der Waals surface area contributed by atoms with Gasteiger partial charge in [0.1, 0.15) is 5.82 Å². The van der Waals surface area contributed by atoms with Crippen LogP contribution in [-0.2, 0) is 7.05 Å². The van der Waals surface area contributed by atoms with Crippen LogP contribution in [0.3, 0.4) is 0 Å². The van der Waals surface area contributed by atoms with Gasteiger partial charge in [-0.3, -0.25) is 0 Å². The van der Waals surface area contributed by atoms with E-state index in [0.717, 1.165) is 17.1 Å². The van der Waals surface area contributed by atoms with Crippen molar-refractivity contribution in [3.8, 4) is 11.3 Å². The number of hydrogen-bond acceptors (Lipinski definition) is 2. The molecule has 0 atom stereocenters. The molecule has 0 amide bonds. The van der Waals surface area contributed by atoms with Crippen LogP contribution in [0, 0.1) is 6.92 Å². The van der Waals surface area contributed by atoms with Crippen LogP contribution in [0.15, 0.2) is 30.5 Å². The molecule has 4 heteroatoms. The minimum Gasteiger partial charge on any atom is -0.478 e. The Labute approximate surface area is 93.2 Å². The van der Waals surface area contributed by atoms with Crippen molar-refractivity contribution in [2.75, 3.05) is 0 Å². The lowest BCUT2D eigenvalue weighted by molar-refractivity contribution is 0.0697. The first-order valence-corrected chi connectivity index (χ1v) is 4.91. The summed E-state index contributed by atoms with van der Waals surface area (Å²) in [5.41, 5.74) is 2.07. The number of aromatic nitrogens is 2. The molecular weight excluding hydrogens is 204 g/mol. The second-order valence-electron chi connectivity index (χ2n) is 3.67. The molecule has 0 radical (unpaired) electrons. The van der Waals surface area contributed by atoms with Crippen molar-refractivity contribution in [2.24, 2.45) is 7.05 Å². The maximum absolute atomic E-state index is 10.7. The standard InChI is InChI=1S/C12H12N2O2/c1-8-13-11(7-14(8)2)9-3-5-10(6-4-9)12(15)16/h3-7H,1-2H3,(H,15,16). The van der Waals surface area contributed by atoms with Crippen molar-refractivity contribution in [3.05, 3.63) is 41.9 Å². The van der Waals surface area contributed by atoms with Crippen LogP contribution in [0.2, 0.25) is 0 Å². The van der Waals surface area contributed by atoms with Gasteiger partial charge in [0.25, 0.3) is 0 Å². The maximum Gasteiger partial charge on any atom is 0.335 e. The fourth-order valence-corrected chi connectivity index (χ4v) is 1.48. The van der Waals surface area contributed by atoms with E-state index in [9.17, 15) is 4.79 Å². The minimum atomic E-state index is -0.913. The van der Waals surface area contributed by atoms with Gasteiger partial charge in [0.15, 0.2) is 0 Å². The number of benzene rings is 1. The molecule has 1 heterocycles. The van der Waals surface area contributed by atoms with Gasteiger partial charge in [-0.2, -0.15) is 0 Å². The van der Waals surface area contributed by atoms with Gasteiger partial charge in [-0.05, 0) is 19.1 Å². The number of imidazole rings is 1. The number of aromatic carboxylic acids is 1. The van der Waals surface area contributed by atoms with E-state index in [1.807, 2.05) is 24.7 Å². The number of carboxylic acids is 1. The molecule has 0 aliphatic heterocycles. The van der Waals surface area contributed by atoms with Gasteiger partial charge in [-0.1, -0.05) is 12.1 Å². The molecule has 0 aliphatic rings. The Morgan fingerprint density at radius 1 is 1.31 bits per heavy atom. The van der Waals surface area contributed by atoms with Crippen LogP contribution in [0.1, 0.15) is 16.2 Å². The van der Waals surface area contributed by atoms with E-state index >= 15 is 0 Å². The third-order valence-corrected chi connectivity index (χ3v) is 2.54. The zero-order chi connectivity index (χ0) is 11.7. The Hall–Kier alpha value is -2.10. The highest BCUT2D eigenvalue weighted by atomic mass is 16.4. The SMILES string of the molecule is Cc1nc(-c2ccc(C(=O)O)cc2)cn1C. The summed E-state index contributed by atoms with van der Waals surface area (Å²) >= 11 is 0. The zero-order valence-electron chi connectivity index (χ0n) is 9.14. The van der Waals surface area contributed by atoms with Crippen LogP contribution >= 0.6 is 0 Å². The van der Waals surface area contributed by atoms with Crippen molar-refractivity contribution < 1.29 is 9.90 Å². The Bertz CT molecular complexity index is 507. The molecule has 2 rings (SSSR count). The Kier molecular flexibility index (Phi) is 2.48. The Morgan fingerprint density at radius 3 is 2.38 bits per heavy atom. The zero-order valence-corrected chi connectivity index (χ0v) is 9.14. The highest BCUT2D eigenvalue weighted by Gasteiger charge is 2.06. The normalized spacial score (nSPS) is 10.4. The van der Waals surface area contributed by atoms with Gasteiger partial charge < -0.3 is 9.67 Å². The summed E-state index contributed by atoms with van der Waals surface area (Å²) in [6.07, 6.45) is 1.92. The Balaban J connectivity index is 2.38. The molecule has 4 nitrogen and oxygen atoms in total. The Morgan fingerprint density at radius 2 is 1.94 bits per heavy atom. The van der Waals surface area contributed by atoms with Crippen molar-refractivity contribution in [3.63, 3.8) is 0 Å². The molecule has 1 N–H and O–H groups in total. The predicted octanol–water partition coefficient (Wildman–Crippen LogP) is 2.09. The molecule has 0 fully saturated rings. The molecule has 1 aromatic carbocycles. The first-order valence-electron chi connectivity index (χ1n) is 4.91. The van der Waals surface area contributed by atoms with Crippen LogP contribution in [-0.4, -0.2) is 20.6 Å². The predicted molar refractivity (Wildman–Crippen MR) is 60.3 cm³/mol. The molecule has 16 heavy (non-hydrogen) atoms. The van der Waals surface area contributed by atoms with E-state index < -0.39 is 5.97 Å². The van der Waals surface area contributed by atoms with Crippen LogP contribution < -0.4 is 0 Å². The van der Waals surface area contributed by atoms with E-state index in [4.69, 9.17) is 5.11 Å². The fourth-order valence-electron chi connectivity index (χ4n) is 1.48. The molecule has 2 aromatic rings. The van der Waals surface area contributed by atoms with E-state index in [1.54, 1.807) is 24.3 Å². The monoisotopic (exact) mass is 216 g/mol. The van der Waals surface area contributed by atoms with Crippen LogP contribution in [0.25, 0.3) is 11.3 Å². The summed E-state index contributed by atoms with van der Waals surface area (Å²) in [7, 11) is 1.93. The summed E-state index contributed by atoms with van der Waals surface area (Å²) < 4.78 is 1.93. The number of rotatable bonds is 2. The lowest BCUT2D eigenvalue weighted by Crippen LogP contribution is -1.94. The number of aryl methyl sites for hydroxylation is 2. The number of carbonyl (C=O) groups is 1. The third-order valence-electron chi connectivity index (χ3n) is 2.54. The first-order chi connectivity index (χ1) is 7.58. The highest BCUT2D eigenvalue weighted by Crippen LogP contribution is 2.18. The summed E-state index contributed by atoms with van der Waals surface area (Å²) in [6, 6.07) is 6.71. The second-order valence-corrected chi connectivity index (χ2v) is 3.67. The summed E-state index contributed by atoms with van der Waals surface area (Å²) in [6.45, 7) is 1.93. The van der Waals surface area contributed by atoms with Gasteiger partial charge in [0, 0.05) is 18.8 Å². The lowest BCUT2D eigenvalue weighted by atomic mass is 10.1. The molecule has 1 aromatic heterocycles. The van der Waals surface area contributed by atoms with E-state index in [0.29, 0.717) is 0 Å². The summed E-state index contributed by atoms with van der Waals surface area (Å²) in [4.78, 5) is 15.1. The molecular formula is C12H12N2O2. The summed E-state index contributed by atoms with van der Waals surface area (Å²) in [5, 5.41) is 8.77.